The molecule has 0 aliphatic heterocycles. The van der Waals surface area contributed by atoms with Gasteiger partial charge in [0.25, 0.3) is 0 Å². The Morgan fingerprint density at radius 3 is 2.20 bits per heavy atom. The highest BCUT2D eigenvalue weighted by atomic mass is 32.2. The molecule has 0 fully saturated rings. The fraction of sp³-hybridized carbons (Fsp3) is 0.455. The van der Waals surface area contributed by atoms with Gasteiger partial charge in [-0.15, -0.1) is 0 Å². The van der Waals surface area contributed by atoms with Crippen LogP contribution in [0.25, 0.3) is 0 Å². The van der Waals surface area contributed by atoms with Crippen LogP contribution < -0.4 is 4.72 Å². The second-order valence-corrected chi connectivity index (χ2v) is 6.17. The molecule has 84 valence electrons. The maximum absolute atomic E-state index is 11.1. The zero-order valence-corrected chi connectivity index (χ0v) is 10.1. The summed E-state index contributed by atoms with van der Waals surface area (Å²) < 4.78 is 24.9. The molecule has 4 heteroatoms. The molecule has 0 saturated carbocycles. The van der Waals surface area contributed by atoms with Crippen LogP contribution in [0.15, 0.2) is 30.3 Å². The first-order valence-corrected chi connectivity index (χ1v) is 6.70. The van der Waals surface area contributed by atoms with Crippen LogP contribution in [-0.4, -0.2) is 20.2 Å². The molecule has 15 heavy (non-hydrogen) atoms. The lowest BCUT2D eigenvalue weighted by molar-refractivity contribution is 0.452. The van der Waals surface area contributed by atoms with Crippen molar-refractivity contribution in [1.29, 1.82) is 0 Å². The lowest BCUT2D eigenvalue weighted by Gasteiger charge is -2.25. The van der Waals surface area contributed by atoms with Crippen LogP contribution in [0.1, 0.15) is 19.4 Å². The molecule has 0 aliphatic carbocycles. The topological polar surface area (TPSA) is 46.2 Å². The van der Waals surface area contributed by atoms with Gasteiger partial charge in [-0.2, -0.15) is 0 Å². The molecule has 1 N–H and O–H groups in total. The van der Waals surface area contributed by atoms with E-state index in [2.05, 4.69) is 4.72 Å². The Morgan fingerprint density at radius 1 is 1.20 bits per heavy atom. The molecular weight excluding hydrogens is 210 g/mol. The van der Waals surface area contributed by atoms with Gasteiger partial charge in [-0.25, -0.2) is 13.1 Å². The van der Waals surface area contributed by atoms with Gasteiger partial charge in [0.2, 0.25) is 10.0 Å². The molecule has 0 aliphatic rings. The summed E-state index contributed by atoms with van der Waals surface area (Å²) in [5.74, 6) is 0. The lowest BCUT2D eigenvalue weighted by Crippen LogP contribution is -2.44. The maximum Gasteiger partial charge on any atom is 0.209 e. The largest absolute Gasteiger partial charge is 0.213 e. The first-order chi connectivity index (χ1) is 6.79. The molecule has 1 rings (SSSR count). The maximum atomic E-state index is 11.1. The van der Waals surface area contributed by atoms with Crippen molar-refractivity contribution in [2.24, 2.45) is 0 Å². The van der Waals surface area contributed by atoms with Crippen LogP contribution in [0.3, 0.4) is 0 Å². The van der Waals surface area contributed by atoms with Crippen LogP contribution in [-0.2, 0) is 16.4 Å². The number of benzene rings is 1. The van der Waals surface area contributed by atoms with Gasteiger partial charge < -0.3 is 0 Å². The van der Waals surface area contributed by atoms with Gasteiger partial charge in [0.05, 0.1) is 6.26 Å². The van der Waals surface area contributed by atoms with Crippen molar-refractivity contribution in [3.63, 3.8) is 0 Å². The number of sulfonamides is 1. The van der Waals surface area contributed by atoms with E-state index in [9.17, 15) is 8.42 Å². The Bertz CT molecular complexity index is 409. The highest BCUT2D eigenvalue weighted by Gasteiger charge is 2.22. The summed E-state index contributed by atoms with van der Waals surface area (Å²) in [6.07, 6.45) is 1.86. The van der Waals surface area contributed by atoms with Gasteiger partial charge >= 0.3 is 0 Å². The van der Waals surface area contributed by atoms with E-state index in [0.29, 0.717) is 6.42 Å². The van der Waals surface area contributed by atoms with E-state index in [0.717, 1.165) is 5.56 Å². The normalized spacial score (nSPS) is 12.7. The van der Waals surface area contributed by atoms with Gasteiger partial charge in [0.1, 0.15) is 0 Å². The minimum Gasteiger partial charge on any atom is -0.213 e. The Kier molecular flexibility index (Phi) is 3.52. The number of hydrogen-bond donors (Lipinski definition) is 1. The third-order valence-electron chi connectivity index (χ3n) is 1.95. The first-order valence-electron chi connectivity index (χ1n) is 4.81. The molecule has 0 amide bonds. The molecule has 0 aromatic heterocycles. The Balaban J connectivity index is 2.73. The monoisotopic (exact) mass is 227 g/mol. The summed E-state index contributed by atoms with van der Waals surface area (Å²) in [7, 11) is -3.15. The minimum absolute atomic E-state index is 0.449. The molecule has 0 unspecified atom stereocenters. The van der Waals surface area contributed by atoms with E-state index >= 15 is 0 Å². The summed E-state index contributed by atoms with van der Waals surface area (Å²) in [6, 6.07) is 9.83. The van der Waals surface area contributed by atoms with E-state index in [1.807, 2.05) is 44.2 Å². The quantitative estimate of drug-likeness (QED) is 0.848. The Morgan fingerprint density at radius 2 is 1.73 bits per heavy atom. The van der Waals surface area contributed by atoms with Gasteiger partial charge in [-0.05, 0) is 25.8 Å². The van der Waals surface area contributed by atoms with Crippen LogP contribution >= 0.6 is 0 Å². The minimum atomic E-state index is -3.15. The van der Waals surface area contributed by atoms with Crippen molar-refractivity contribution in [2.75, 3.05) is 6.26 Å². The highest BCUT2D eigenvalue weighted by molar-refractivity contribution is 7.88. The van der Waals surface area contributed by atoms with Gasteiger partial charge in [-0.3, -0.25) is 0 Å². The van der Waals surface area contributed by atoms with E-state index in [-0.39, 0.29) is 0 Å². The average molecular weight is 227 g/mol. The summed E-state index contributed by atoms with van der Waals surface area (Å²) >= 11 is 0. The third kappa shape index (κ3) is 4.95. The summed E-state index contributed by atoms with van der Waals surface area (Å²) in [6.45, 7) is 3.75. The second kappa shape index (κ2) is 4.33. The lowest BCUT2D eigenvalue weighted by atomic mass is 9.96. The first kappa shape index (κ1) is 12.2. The zero-order valence-electron chi connectivity index (χ0n) is 9.32. The Labute approximate surface area is 91.6 Å². The Hall–Kier alpha value is -0.870. The molecule has 0 heterocycles. The summed E-state index contributed by atoms with van der Waals surface area (Å²) in [5, 5.41) is 0. The number of rotatable bonds is 4. The van der Waals surface area contributed by atoms with Crippen LogP contribution in [0.2, 0.25) is 0 Å². The van der Waals surface area contributed by atoms with Crippen molar-refractivity contribution in [1.82, 2.24) is 4.72 Å². The smallest absolute Gasteiger partial charge is 0.209 e. The predicted octanol–water partition coefficient (Wildman–Crippen LogP) is 1.56. The standard InChI is InChI=1S/C11H17NO2S/c1-11(2,12-15(3,13)14)9-10-7-5-4-6-8-10/h4-8,12H,9H2,1-3H3. The van der Waals surface area contributed by atoms with Gasteiger partial charge in [0.15, 0.2) is 0 Å². The van der Waals surface area contributed by atoms with Crippen molar-refractivity contribution in [3.8, 4) is 0 Å². The van der Waals surface area contributed by atoms with E-state index in [4.69, 9.17) is 0 Å². The third-order valence-corrected chi connectivity index (χ3v) is 2.87. The van der Waals surface area contributed by atoms with Gasteiger partial charge in [-0.1, -0.05) is 30.3 Å². The SMILES string of the molecule is CC(C)(Cc1ccccc1)NS(C)(=O)=O. The number of hydrogen-bond acceptors (Lipinski definition) is 2. The van der Waals surface area contributed by atoms with Crippen molar-refractivity contribution >= 4 is 10.0 Å². The predicted molar refractivity (Wildman–Crippen MR) is 62.2 cm³/mol. The molecule has 0 atom stereocenters. The van der Waals surface area contributed by atoms with Crippen molar-refractivity contribution in [2.45, 2.75) is 25.8 Å². The molecule has 0 spiro atoms. The highest BCUT2D eigenvalue weighted by Crippen LogP contribution is 2.13. The fourth-order valence-electron chi connectivity index (χ4n) is 1.64. The van der Waals surface area contributed by atoms with E-state index in [1.54, 1.807) is 0 Å². The van der Waals surface area contributed by atoms with Crippen molar-refractivity contribution < 1.29 is 8.42 Å². The molecule has 3 nitrogen and oxygen atoms in total. The summed E-state index contributed by atoms with van der Waals surface area (Å²) in [5.41, 5.74) is 0.674. The van der Waals surface area contributed by atoms with Crippen LogP contribution in [0.4, 0.5) is 0 Å². The average Bonchev–Trinajstić information content (AvgIpc) is 1.99. The van der Waals surface area contributed by atoms with Crippen LogP contribution in [0.5, 0.6) is 0 Å². The molecule has 0 saturated heterocycles. The molecule has 1 aromatic rings. The summed E-state index contributed by atoms with van der Waals surface area (Å²) in [4.78, 5) is 0. The van der Waals surface area contributed by atoms with E-state index in [1.165, 1.54) is 6.26 Å². The molecule has 0 radical (unpaired) electrons. The zero-order chi connectivity index (χ0) is 11.5. The number of nitrogens with one attached hydrogen (secondary N) is 1. The molecular formula is C11H17NO2S. The second-order valence-electron chi connectivity index (χ2n) is 4.42. The van der Waals surface area contributed by atoms with Crippen molar-refractivity contribution in [3.05, 3.63) is 35.9 Å². The molecule has 0 bridgehead atoms. The van der Waals surface area contributed by atoms with Gasteiger partial charge in [0, 0.05) is 5.54 Å². The fourth-order valence-corrected chi connectivity index (χ4v) is 2.72. The van der Waals surface area contributed by atoms with E-state index < -0.39 is 15.6 Å². The van der Waals surface area contributed by atoms with Crippen LogP contribution in [0, 0.1) is 0 Å². The molecule has 1 aromatic carbocycles.